The van der Waals surface area contributed by atoms with E-state index >= 15 is 0 Å². The summed E-state index contributed by atoms with van der Waals surface area (Å²) in [5.74, 6) is 0.981. The Morgan fingerprint density at radius 1 is 0.917 bits per heavy atom. The van der Waals surface area contributed by atoms with Crippen LogP contribution >= 0.6 is 11.6 Å². The van der Waals surface area contributed by atoms with E-state index in [1.165, 1.54) is 37.1 Å². The van der Waals surface area contributed by atoms with Crippen LogP contribution < -0.4 is 9.62 Å². The molecule has 0 aliphatic carbocycles. The molecule has 0 amide bonds. The predicted octanol–water partition coefficient (Wildman–Crippen LogP) is 3.31. The summed E-state index contributed by atoms with van der Waals surface area (Å²) >= 11 is 5.78. The molecular weight excluding hydrogens is 348 g/mol. The van der Waals surface area contributed by atoms with Crippen molar-refractivity contribution in [2.75, 3.05) is 22.7 Å². The van der Waals surface area contributed by atoms with Crippen molar-refractivity contribution in [1.82, 2.24) is 10.2 Å². The van der Waals surface area contributed by atoms with E-state index in [0.29, 0.717) is 5.02 Å². The van der Waals surface area contributed by atoms with E-state index in [-0.39, 0.29) is 10.7 Å². The molecule has 0 saturated carbocycles. The average Bonchev–Trinajstić information content (AvgIpc) is 2.85. The lowest BCUT2D eigenvalue weighted by Gasteiger charge is -2.20. The molecule has 2 heterocycles. The minimum Gasteiger partial charge on any atom is -0.355 e. The van der Waals surface area contributed by atoms with Crippen molar-refractivity contribution in [3.8, 4) is 0 Å². The molecule has 6 nitrogen and oxygen atoms in total. The summed E-state index contributed by atoms with van der Waals surface area (Å²) in [6.45, 7) is 1.93. The van der Waals surface area contributed by atoms with Gasteiger partial charge in [0.15, 0.2) is 11.6 Å². The molecule has 0 unspecified atom stereocenters. The Morgan fingerprint density at radius 3 is 2.17 bits per heavy atom. The molecule has 0 atom stereocenters. The summed E-state index contributed by atoms with van der Waals surface area (Å²) < 4.78 is 27.1. The lowest BCUT2D eigenvalue weighted by molar-refractivity contribution is 0.601. The molecule has 0 spiro atoms. The number of nitrogens with zero attached hydrogens (tertiary/aromatic N) is 3. The van der Waals surface area contributed by atoms with E-state index in [1.807, 2.05) is 0 Å². The van der Waals surface area contributed by atoms with Gasteiger partial charge in [0.2, 0.25) is 0 Å². The Bertz CT molecular complexity index is 771. The zero-order valence-corrected chi connectivity index (χ0v) is 14.7. The SMILES string of the molecule is O=S(=O)(Nc1ccc(N2CCCCCC2)nn1)c1ccc(Cl)cc1. The van der Waals surface area contributed by atoms with Crippen molar-refractivity contribution in [3.63, 3.8) is 0 Å². The van der Waals surface area contributed by atoms with Crippen molar-refractivity contribution in [2.45, 2.75) is 30.6 Å². The molecule has 1 aliphatic rings. The van der Waals surface area contributed by atoms with Crippen LogP contribution in [0.1, 0.15) is 25.7 Å². The summed E-state index contributed by atoms with van der Waals surface area (Å²) in [5, 5.41) is 8.65. The summed E-state index contributed by atoms with van der Waals surface area (Å²) in [7, 11) is -3.70. The van der Waals surface area contributed by atoms with Crippen molar-refractivity contribution < 1.29 is 8.42 Å². The first-order chi connectivity index (χ1) is 11.5. The molecule has 0 bridgehead atoms. The van der Waals surface area contributed by atoms with Gasteiger partial charge >= 0.3 is 0 Å². The van der Waals surface area contributed by atoms with Crippen LogP contribution in [-0.4, -0.2) is 31.7 Å². The van der Waals surface area contributed by atoms with Gasteiger partial charge in [0, 0.05) is 18.1 Å². The molecule has 1 aromatic carbocycles. The second-order valence-corrected chi connectivity index (χ2v) is 7.86. The maximum atomic E-state index is 12.3. The van der Waals surface area contributed by atoms with E-state index in [4.69, 9.17) is 11.6 Å². The molecule has 128 valence electrons. The number of anilines is 2. The van der Waals surface area contributed by atoms with Crippen molar-refractivity contribution in [2.24, 2.45) is 0 Å². The van der Waals surface area contributed by atoms with E-state index in [1.54, 1.807) is 12.1 Å². The van der Waals surface area contributed by atoms with Crippen LogP contribution in [0.15, 0.2) is 41.3 Å². The number of hydrogen-bond donors (Lipinski definition) is 1. The van der Waals surface area contributed by atoms with Crippen LogP contribution in [0.25, 0.3) is 0 Å². The third-order valence-electron chi connectivity index (χ3n) is 3.94. The normalized spacial score (nSPS) is 15.8. The maximum absolute atomic E-state index is 12.3. The first-order valence-electron chi connectivity index (χ1n) is 7.92. The fraction of sp³-hybridized carbons (Fsp3) is 0.375. The standard InChI is InChI=1S/C16H19ClN4O2S/c17-13-5-7-14(8-6-13)24(22,23)20-15-9-10-16(19-18-15)21-11-3-1-2-4-12-21/h5-10H,1-4,11-12H2,(H,18,20). The first kappa shape index (κ1) is 17.0. The first-order valence-corrected chi connectivity index (χ1v) is 9.78. The Kier molecular flexibility index (Phi) is 5.20. The zero-order valence-electron chi connectivity index (χ0n) is 13.2. The minimum absolute atomic E-state index is 0.130. The maximum Gasteiger partial charge on any atom is 0.263 e. The predicted molar refractivity (Wildman–Crippen MR) is 95.0 cm³/mol. The van der Waals surface area contributed by atoms with Crippen LogP contribution in [0.5, 0.6) is 0 Å². The molecule has 1 aromatic heterocycles. The third-order valence-corrected chi connectivity index (χ3v) is 5.57. The lowest BCUT2D eigenvalue weighted by Crippen LogP contribution is -2.25. The quantitative estimate of drug-likeness (QED) is 0.898. The Hall–Kier alpha value is -1.86. The number of hydrogen-bond acceptors (Lipinski definition) is 5. The lowest BCUT2D eigenvalue weighted by atomic mass is 10.2. The number of aromatic nitrogens is 2. The highest BCUT2D eigenvalue weighted by Gasteiger charge is 2.16. The fourth-order valence-electron chi connectivity index (χ4n) is 2.66. The van der Waals surface area contributed by atoms with E-state index in [2.05, 4.69) is 19.8 Å². The van der Waals surface area contributed by atoms with Gasteiger partial charge in [0.25, 0.3) is 10.0 Å². The second kappa shape index (κ2) is 7.36. The molecule has 1 saturated heterocycles. The van der Waals surface area contributed by atoms with Gasteiger partial charge in [0.1, 0.15) is 0 Å². The van der Waals surface area contributed by atoms with Gasteiger partial charge in [-0.05, 0) is 49.2 Å². The van der Waals surface area contributed by atoms with Crippen LogP contribution in [0.3, 0.4) is 0 Å². The van der Waals surface area contributed by atoms with Gasteiger partial charge in [-0.3, -0.25) is 4.72 Å². The topological polar surface area (TPSA) is 75.2 Å². The third kappa shape index (κ3) is 4.15. The molecule has 1 N–H and O–H groups in total. The molecule has 24 heavy (non-hydrogen) atoms. The van der Waals surface area contributed by atoms with Gasteiger partial charge in [-0.15, -0.1) is 10.2 Å². The smallest absolute Gasteiger partial charge is 0.263 e. The highest BCUT2D eigenvalue weighted by atomic mass is 35.5. The van der Waals surface area contributed by atoms with Crippen LogP contribution in [0.4, 0.5) is 11.6 Å². The van der Waals surface area contributed by atoms with Gasteiger partial charge in [-0.25, -0.2) is 8.42 Å². The fourth-order valence-corrected chi connectivity index (χ4v) is 3.78. The molecular formula is C16H19ClN4O2S. The Labute approximate surface area is 146 Å². The summed E-state index contributed by atoms with van der Waals surface area (Å²) in [5.41, 5.74) is 0. The Balaban J connectivity index is 1.72. The van der Waals surface area contributed by atoms with Crippen LogP contribution in [0.2, 0.25) is 5.02 Å². The average molecular weight is 367 g/mol. The number of benzene rings is 1. The van der Waals surface area contributed by atoms with Crippen molar-refractivity contribution in [1.29, 1.82) is 0 Å². The zero-order chi connectivity index (χ0) is 17.0. The van der Waals surface area contributed by atoms with Gasteiger partial charge in [-0.1, -0.05) is 24.4 Å². The van der Waals surface area contributed by atoms with Gasteiger partial charge in [0.05, 0.1) is 4.90 Å². The molecule has 8 heteroatoms. The van der Waals surface area contributed by atoms with E-state index in [9.17, 15) is 8.42 Å². The number of halogens is 1. The highest BCUT2D eigenvalue weighted by Crippen LogP contribution is 2.20. The number of sulfonamides is 1. The molecule has 1 aliphatic heterocycles. The van der Waals surface area contributed by atoms with Crippen LogP contribution in [0, 0.1) is 0 Å². The van der Waals surface area contributed by atoms with Crippen molar-refractivity contribution in [3.05, 3.63) is 41.4 Å². The summed E-state index contributed by atoms with van der Waals surface area (Å²) in [6, 6.07) is 9.40. The number of nitrogens with one attached hydrogen (secondary N) is 1. The highest BCUT2D eigenvalue weighted by molar-refractivity contribution is 7.92. The molecule has 1 fully saturated rings. The van der Waals surface area contributed by atoms with Crippen LogP contribution in [-0.2, 0) is 10.0 Å². The van der Waals surface area contributed by atoms with Crippen molar-refractivity contribution >= 4 is 33.3 Å². The minimum atomic E-state index is -3.70. The van der Waals surface area contributed by atoms with Gasteiger partial charge in [-0.2, -0.15) is 0 Å². The largest absolute Gasteiger partial charge is 0.355 e. The van der Waals surface area contributed by atoms with E-state index in [0.717, 1.165) is 31.7 Å². The molecule has 2 aromatic rings. The summed E-state index contributed by atoms with van der Waals surface area (Å²) in [6.07, 6.45) is 4.77. The summed E-state index contributed by atoms with van der Waals surface area (Å²) in [4.78, 5) is 2.32. The monoisotopic (exact) mass is 366 g/mol. The second-order valence-electron chi connectivity index (χ2n) is 5.74. The van der Waals surface area contributed by atoms with Gasteiger partial charge < -0.3 is 4.90 Å². The molecule has 3 rings (SSSR count). The number of rotatable bonds is 4. The Morgan fingerprint density at radius 2 is 1.58 bits per heavy atom. The molecule has 0 radical (unpaired) electrons. The van der Waals surface area contributed by atoms with E-state index < -0.39 is 10.0 Å².